The Labute approximate surface area is 111 Å². The Morgan fingerprint density at radius 1 is 1.33 bits per heavy atom. The summed E-state index contributed by atoms with van der Waals surface area (Å²) in [5.74, 6) is -0.103. The van der Waals surface area contributed by atoms with Crippen molar-refractivity contribution in [1.29, 1.82) is 0 Å². The third-order valence-corrected chi connectivity index (χ3v) is 4.47. The number of hydrogen-bond acceptors (Lipinski definition) is 2. The van der Waals surface area contributed by atoms with E-state index in [1.54, 1.807) is 6.92 Å². The van der Waals surface area contributed by atoms with Crippen LogP contribution < -0.4 is 5.32 Å². The van der Waals surface area contributed by atoms with Crippen molar-refractivity contribution >= 4 is 5.97 Å². The third kappa shape index (κ3) is 4.97. The van der Waals surface area contributed by atoms with Crippen LogP contribution in [0.5, 0.6) is 0 Å². The molecule has 1 atom stereocenters. The topological polar surface area (TPSA) is 49.3 Å². The molecule has 1 rings (SSSR count). The van der Waals surface area contributed by atoms with E-state index >= 15 is 0 Å². The van der Waals surface area contributed by atoms with Gasteiger partial charge in [0.2, 0.25) is 0 Å². The smallest absolute Gasteiger partial charge is 0.306 e. The molecule has 1 fully saturated rings. The summed E-state index contributed by atoms with van der Waals surface area (Å²) in [4.78, 5) is 10.7. The van der Waals surface area contributed by atoms with Crippen molar-refractivity contribution in [2.45, 2.75) is 59.3 Å². The maximum atomic E-state index is 10.7. The van der Waals surface area contributed by atoms with Gasteiger partial charge in [-0.15, -0.1) is 0 Å². The summed E-state index contributed by atoms with van der Waals surface area (Å²) >= 11 is 0. The monoisotopic (exact) mass is 255 g/mol. The van der Waals surface area contributed by atoms with Crippen LogP contribution in [0.25, 0.3) is 0 Å². The van der Waals surface area contributed by atoms with Crippen LogP contribution >= 0.6 is 0 Å². The molecule has 3 nitrogen and oxygen atoms in total. The molecule has 3 heteroatoms. The highest BCUT2D eigenvalue weighted by atomic mass is 16.4. The minimum Gasteiger partial charge on any atom is -0.481 e. The lowest BCUT2D eigenvalue weighted by Crippen LogP contribution is -2.37. The molecular weight excluding hydrogens is 226 g/mol. The van der Waals surface area contributed by atoms with Gasteiger partial charge in [0.25, 0.3) is 0 Å². The SMILES string of the molecule is CC(CCNCC(C)(C)C1CCCCC1)C(=O)O. The first-order chi connectivity index (χ1) is 8.43. The number of carboxylic acids is 1. The normalized spacial score (nSPS) is 19.7. The molecule has 2 N–H and O–H groups in total. The number of rotatable bonds is 7. The molecule has 1 saturated carbocycles. The van der Waals surface area contributed by atoms with Crippen LogP contribution in [0, 0.1) is 17.3 Å². The van der Waals surface area contributed by atoms with E-state index in [0.717, 1.165) is 25.4 Å². The average molecular weight is 255 g/mol. The molecule has 1 unspecified atom stereocenters. The molecule has 0 bridgehead atoms. The van der Waals surface area contributed by atoms with Crippen LogP contribution in [0.4, 0.5) is 0 Å². The molecule has 0 saturated heterocycles. The summed E-state index contributed by atoms with van der Waals surface area (Å²) in [5, 5.41) is 12.3. The van der Waals surface area contributed by atoms with E-state index in [1.165, 1.54) is 32.1 Å². The van der Waals surface area contributed by atoms with Gasteiger partial charge in [-0.05, 0) is 37.1 Å². The van der Waals surface area contributed by atoms with Crippen LogP contribution in [0.15, 0.2) is 0 Å². The van der Waals surface area contributed by atoms with Gasteiger partial charge < -0.3 is 10.4 Å². The summed E-state index contributed by atoms with van der Waals surface area (Å²) in [6.45, 7) is 8.27. The van der Waals surface area contributed by atoms with Gasteiger partial charge in [0.15, 0.2) is 0 Å². The number of nitrogens with one attached hydrogen (secondary N) is 1. The molecule has 1 aliphatic carbocycles. The number of carbonyl (C=O) groups is 1. The summed E-state index contributed by atoms with van der Waals surface area (Å²) in [7, 11) is 0. The maximum Gasteiger partial charge on any atom is 0.306 e. The minimum atomic E-state index is -0.691. The molecule has 106 valence electrons. The molecule has 0 amide bonds. The van der Waals surface area contributed by atoms with Gasteiger partial charge in [-0.25, -0.2) is 0 Å². The van der Waals surface area contributed by atoms with E-state index in [0.29, 0.717) is 5.41 Å². The Hall–Kier alpha value is -0.570. The molecule has 1 aliphatic rings. The zero-order valence-corrected chi connectivity index (χ0v) is 12.2. The van der Waals surface area contributed by atoms with Crippen molar-refractivity contribution in [3.05, 3.63) is 0 Å². The molecule has 0 radical (unpaired) electrons. The number of carboxylic acid groups (broad SMARTS) is 1. The van der Waals surface area contributed by atoms with Gasteiger partial charge >= 0.3 is 5.97 Å². The van der Waals surface area contributed by atoms with Crippen LogP contribution in [-0.2, 0) is 4.79 Å². The second kappa shape index (κ2) is 7.13. The van der Waals surface area contributed by atoms with Gasteiger partial charge in [-0.3, -0.25) is 4.79 Å². The number of hydrogen-bond donors (Lipinski definition) is 2. The largest absolute Gasteiger partial charge is 0.481 e. The predicted octanol–water partition coefficient (Wildman–Crippen LogP) is 3.29. The highest BCUT2D eigenvalue weighted by Gasteiger charge is 2.30. The van der Waals surface area contributed by atoms with Crippen molar-refractivity contribution in [1.82, 2.24) is 5.32 Å². The van der Waals surface area contributed by atoms with Gasteiger partial charge in [0.05, 0.1) is 5.92 Å². The Morgan fingerprint density at radius 2 is 1.94 bits per heavy atom. The lowest BCUT2D eigenvalue weighted by molar-refractivity contribution is -0.141. The summed E-state index contributed by atoms with van der Waals surface area (Å²) in [5.41, 5.74) is 0.340. The van der Waals surface area contributed by atoms with Gasteiger partial charge in [0, 0.05) is 6.54 Å². The Bertz CT molecular complexity index is 257. The van der Waals surface area contributed by atoms with Crippen molar-refractivity contribution in [3.8, 4) is 0 Å². The van der Waals surface area contributed by atoms with Crippen molar-refractivity contribution in [3.63, 3.8) is 0 Å². The summed E-state index contributed by atoms with van der Waals surface area (Å²) < 4.78 is 0. The maximum absolute atomic E-state index is 10.7. The first-order valence-corrected chi connectivity index (χ1v) is 7.37. The minimum absolute atomic E-state index is 0.240. The van der Waals surface area contributed by atoms with Gasteiger partial charge in [-0.1, -0.05) is 40.0 Å². The standard InChI is InChI=1S/C15H29NO2/c1-12(14(17)18)9-10-16-11-15(2,3)13-7-5-4-6-8-13/h12-13,16H,4-11H2,1-3H3,(H,17,18). The highest BCUT2D eigenvalue weighted by Crippen LogP contribution is 2.37. The van der Waals surface area contributed by atoms with E-state index in [4.69, 9.17) is 5.11 Å². The fourth-order valence-electron chi connectivity index (χ4n) is 2.88. The molecule has 18 heavy (non-hydrogen) atoms. The van der Waals surface area contributed by atoms with E-state index < -0.39 is 5.97 Å². The molecule has 0 heterocycles. The first-order valence-electron chi connectivity index (χ1n) is 7.37. The third-order valence-electron chi connectivity index (χ3n) is 4.47. The quantitative estimate of drug-likeness (QED) is 0.686. The Morgan fingerprint density at radius 3 is 2.50 bits per heavy atom. The summed E-state index contributed by atoms with van der Waals surface area (Å²) in [6.07, 6.45) is 7.60. The van der Waals surface area contributed by atoms with Gasteiger partial charge in [0.1, 0.15) is 0 Å². The van der Waals surface area contributed by atoms with Gasteiger partial charge in [-0.2, -0.15) is 0 Å². The molecular formula is C15H29NO2. The van der Waals surface area contributed by atoms with Crippen LogP contribution in [0.3, 0.4) is 0 Å². The van der Waals surface area contributed by atoms with Crippen LogP contribution in [0.2, 0.25) is 0 Å². The zero-order valence-electron chi connectivity index (χ0n) is 12.2. The van der Waals surface area contributed by atoms with Crippen molar-refractivity contribution < 1.29 is 9.90 Å². The fourth-order valence-corrected chi connectivity index (χ4v) is 2.88. The molecule has 0 spiro atoms. The highest BCUT2D eigenvalue weighted by molar-refractivity contribution is 5.69. The van der Waals surface area contributed by atoms with E-state index in [1.807, 2.05) is 0 Å². The zero-order chi connectivity index (χ0) is 13.6. The first kappa shape index (κ1) is 15.5. The van der Waals surface area contributed by atoms with Crippen LogP contribution in [0.1, 0.15) is 59.3 Å². The van der Waals surface area contributed by atoms with Crippen molar-refractivity contribution in [2.24, 2.45) is 17.3 Å². The lowest BCUT2D eigenvalue weighted by Gasteiger charge is -2.37. The second-order valence-corrected chi connectivity index (χ2v) is 6.53. The van der Waals surface area contributed by atoms with Crippen molar-refractivity contribution in [2.75, 3.05) is 13.1 Å². The number of aliphatic carboxylic acids is 1. The van der Waals surface area contributed by atoms with Crippen LogP contribution in [-0.4, -0.2) is 24.2 Å². The second-order valence-electron chi connectivity index (χ2n) is 6.53. The molecule has 0 aromatic heterocycles. The van der Waals surface area contributed by atoms with E-state index in [9.17, 15) is 4.79 Å². The predicted molar refractivity (Wildman–Crippen MR) is 74.6 cm³/mol. The fraction of sp³-hybridized carbons (Fsp3) is 0.933. The average Bonchev–Trinajstić information content (AvgIpc) is 2.35. The summed E-state index contributed by atoms with van der Waals surface area (Å²) in [6, 6.07) is 0. The Balaban J connectivity index is 2.22. The molecule has 0 aromatic rings. The molecule has 0 aliphatic heterocycles. The van der Waals surface area contributed by atoms with E-state index in [-0.39, 0.29) is 5.92 Å². The Kier molecular flexibility index (Phi) is 6.13. The lowest BCUT2D eigenvalue weighted by atomic mass is 9.71. The van der Waals surface area contributed by atoms with E-state index in [2.05, 4.69) is 19.2 Å². The molecule has 0 aromatic carbocycles.